The number of methoxy groups -OCH3 is 1. The Morgan fingerprint density at radius 2 is 2.28 bits per heavy atom. The molecule has 0 fully saturated rings. The SMILES string of the molecule is COc1c(NCC(C)(O)CC(C)C)nc[nH]c1=O. The van der Waals surface area contributed by atoms with Crippen molar-refractivity contribution >= 4 is 5.82 Å². The van der Waals surface area contributed by atoms with E-state index in [1.807, 2.05) is 13.8 Å². The van der Waals surface area contributed by atoms with Crippen LogP contribution in [0.15, 0.2) is 11.1 Å². The smallest absolute Gasteiger partial charge is 0.295 e. The van der Waals surface area contributed by atoms with Gasteiger partial charge in [0.1, 0.15) is 0 Å². The largest absolute Gasteiger partial charge is 0.489 e. The number of nitrogens with one attached hydrogen (secondary N) is 2. The summed E-state index contributed by atoms with van der Waals surface area (Å²) in [5.41, 5.74) is -1.21. The molecule has 1 atom stereocenters. The van der Waals surface area contributed by atoms with Crippen LogP contribution in [0, 0.1) is 5.92 Å². The Hall–Kier alpha value is -1.56. The molecule has 0 aliphatic heterocycles. The van der Waals surface area contributed by atoms with Crippen LogP contribution in [-0.4, -0.2) is 34.3 Å². The van der Waals surface area contributed by atoms with Crippen LogP contribution in [0.2, 0.25) is 0 Å². The molecule has 6 heteroatoms. The summed E-state index contributed by atoms with van der Waals surface area (Å²) in [5.74, 6) is 0.846. The van der Waals surface area contributed by atoms with E-state index in [0.717, 1.165) is 0 Å². The first-order chi connectivity index (χ1) is 8.35. The number of H-pyrrole nitrogens is 1. The molecule has 1 heterocycles. The quantitative estimate of drug-likeness (QED) is 0.705. The van der Waals surface area contributed by atoms with Gasteiger partial charge in [-0.25, -0.2) is 4.98 Å². The van der Waals surface area contributed by atoms with E-state index in [1.165, 1.54) is 13.4 Å². The number of aromatic nitrogens is 2. The van der Waals surface area contributed by atoms with Gasteiger partial charge in [0.15, 0.2) is 5.82 Å². The molecule has 3 N–H and O–H groups in total. The molecule has 0 bridgehead atoms. The average Bonchev–Trinajstić information content (AvgIpc) is 2.24. The number of ether oxygens (including phenoxy) is 1. The molecule has 0 radical (unpaired) electrons. The second-order valence-electron chi connectivity index (χ2n) is 5.06. The van der Waals surface area contributed by atoms with Crippen molar-refractivity contribution in [3.05, 3.63) is 16.7 Å². The van der Waals surface area contributed by atoms with Gasteiger partial charge in [-0.1, -0.05) is 13.8 Å². The number of anilines is 1. The Kier molecular flexibility index (Phi) is 4.72. The maximum absolute atomic E-state index is 11.5. The summed E-state index contributed by atoms with van der Waals surface area (Å²) in [6.45, 7) is 6.14. The molecule has 1 aromatic rings. The summed E-state index contributed by atoms with van der Waals surface area (Å²) >= 11 is 0. The third kappa shape index (κ3) is 4.03. The first kappa shape index (κ1) is 14.5. The third-order valence-corrected chi connectivity index (χ3v) is 2.50. The van der Waals surface area contributed by atoms with Gasteiger partial charge in [0, 0.05) is 6.54 Å². The van der Waals surface area contributed by atoms with Crippen LogP contribution in [0.3, 0.4) is 0 Å². The second-order valence-corrected chi connectivity index (χ2v) is 5.06. The zero-order valence-electron chi connectivity index (χ0n) is 11.3. The lowest BCUT2D eigenvalue weighted by Crippen LogP contribution is -2.35. The third-order valence-electron chi connectivity index (χ3n) is 2.50. The van der Waals surface area contributed by atoms with Crippen LogP contribution in [0.5, 0.6) is 5.75 Å². The fourth-order valence-electron chi connectivity index (χ4n) is 1.93. The Labute approximate surface area is 106 Å². The van der Waals surface area contributed by atoms with Crippen molar-refractivity contribution < 1.29 is 9.84 Å². The Bertz CT molecular complexity index is 440. The van der Waals surface area contributed by atoms with E-state index in [0.29, 0.717) is 24.7 Å². The fraction of sp³-hybridized carbons (Fsp3) is 0.667. The summed E-state index contributed by atoms with van der Waals surface area (Å²) < 4.78 is 4.97. The van der Waals surface area contributed by atoms with Crippen LogP contribution in [-0.2, 0) is 0 Å². The zero-order chi connectivity index (χ0) is 13.8. The van der Waals surface area contributed by atoms with Crippen LogP contribution >= 0.6 is 0 Å². The molecule has 0 saturated carbocycles. The van der Waals surface area contributed by atoms with Gasteiger partial charge in [-0.15, -0.1) is 0 Å². The van der Waals surface area contributed by atoms with Crippen molar-refractivity contribution in [3.63, 3.8) is 0 Å². The van der Waals surface area contributed by atoms with Crippen molar-refractivity contribution in [1.29, 1.82) is 0 Å². The molecule has 0 aliphatic carbocycles. The Morgan fingerprint density at radius 3 is 2.83 bits per heavy atom. The average molecular weight is 255 g/mol. The molecule has 0 spiro atoms. The highest BCUT2D eigenvalue weighted by atomic mass is 16.5. The van der Waals surface area contributed by atoms with Crippen LogP contribution in [0.25, 0.3) is 0 Å². The molecule has 0 saturated heterocycles. The summed E-state index contributed by atoms with van der Waals surface area (Å²) in [4.78, 5) is 17.9. The van der Waals surface area contributed by atoms with E-state index in [4.69, 9.17) is 4.74 Å². The van der Waals surface area contributed by atoms with Crippen molar-refractivity contribution in [3.8, 4) is 5.75 Å². The highest BCUT2D eigenvalue weighted by Crippen LogP contribution is 2.19. The lowest BCUT2D eigenvalue weighted by molar-refractivity contribution is 0.0514. The normalized spacial score (nSPS) is 14.3. The zero-order valence-corrected chi connectivity index (χ0v) is 11.3. The predicted octanol–water partition coefficient (Wildman–Crippen LogP) is 0.987. The minimum Gasteiger partial charge on any atom is -0.489 e. The van der Waals surface area contributed by atoms with E-state index in [-0.39, 0.29) is 11.3 Å². The number of nitrogens with zero attached hydrogens (tertiary/aromatic N) is 1. The standard InChI is InChI=1S/C12H21N3O3/c1-8(2)5-12(3,17)6-13-10-9(18-4)11(16)15-7-14-10/h7-8,17H,5-6H2,1-4H3,(H2,13,14,15,16). The van der Waals surface area contributed by atoms with Gasteiger partial charge in [-0.3, -0.25) is 4.79 Å². The van der Waals surface area contributed by atoms with Gasteiger partial charge in [0.2, 0.25) is 5.75 Å². The van der Waals surface area contributed by atoms with Crippen molar-refractivity contribution in [1.82, 2.24) is 9.97 Å². The molecular weight excluding hydrogens is 234 g/mol. The maximum Gasteiger partial charge on any atom is 0.295 e. The molecule has 102 valence electrons. The van der Waals surface area contributed by atoms with Crippen LogP contribution < -0.4 is 15.6 Å². The summed E-state index contributed by atoms with van der Waals surface area (Å²) in [5, 5.41) is 13.1. The predicted molar refractivity (Wildman–Crippen MR) is 70.0 cm³/mol. The molecule has 1 aromatic heterocycles. The van der Waals surface area contributed by atoms with E-state index < -0.39 is 5.60 Å². The maximum atomic E-state index is 11.5. The number of hydrogen-bond donors (Lipinski definition) is 3. The summed E-state index contributed by atoms with van der Waals surface area (Å²) in [6, 6.07) is 0. The van der Waals surface area contributed by atoms with Gasteiger partial charge < -0.3 is 20.1 Å². The fourth-order valence-corrected chi connectivity index (χ4v) is 1.93. The number of aliphatic hydroxyl groups is 1. The molecule has 0 aromatic carbocycles. The van der Waals surface area contributed by atoms with Gasteiger partial charge in [-0.05, 0) is 19.3 Å². The van der Waals surface area contributed by atoms with E-state index in [2.05, 4.69) is 15.3 Å². The molecule has 0 aliphatic rings. The molecule has 1 unspecified atom stereocenters. The van der Waals surface area contributed by atoms with Gasteiger partial charge >= 0.3 is 0 Å². The first-order valence-electron chi connectivity index (χ1n) is 5.93. The summed E-state index contributed by atoms with van der Waals surface area (Å²) in [6.07, 6.45) is 1.95. The first-order valence-corrected chi connectivity index (χ1v) is 5.93. The Balaban J connectivity index is 2.75. The van der Waals surface area contributed by atoms with Crippen molar-refractivity contribution in [2.75, 3.05) is 19.0 Å². The van der Waals surface area contributed by atoms with Crippen LogP contribution in [0.4, 0.5) is 5.82 Å². The monoisotopic (exact) mass is 255 g/mol. The molecule has 0 amide bonds. The number of hydrogen-bond acceptors (Lipinski definition) is 5. The van der Waals surface area contributed by atoms with Crippen molar-refractivity contribution in [2.24, 2.45) is 5.92 Å². The lowest BCUT2D eigenvalue weighted by atomic mass is 9.94. The number of aromatic amines is 1. The highest BCUT2D eigenvalue weighted by Gasteiger charge is 2.22. The van der Waals surface area contributed by atoms with E-state index >= 15 is 0 Å². The van der Waals surface area contributed by atoms with Crippen molar-refractivity contribution in [2.45, 2.75) is 32.8 Å². The minimum absolute atomic E-state index is 0.123. The molecular formula is C12H21N3O3. The summed E-state index contributed by atoms with van der Waals surface area (Å²) in [7, 11) is 1.41. The molecule has 1 rings (SSSR count). The highest BCUT2D eigenvalue weighted by molar-refractivity contribution is 5.48. The van der Waals surface area contributed by atoms with E-state index in [1.54, 1.807) is 6.92 Å². The minimum atomic E-state index is -0.858. The molecule has 6 nitrogen and oxygen atoms in total. The topological polar surface area (TPSA) is 87.2 Å². The van der Waals surface area contributed by atoms with Gasteiger partial charge in [0.25, 0.3) is 5.56 Å². The van der Waals surface area contributed by atoms with E-state index in [9.17, 15) is 9.90 Å². The van der Waals surface area contributed by atoms with Gasteiger partial charge in [0.05, 0.1) is 19.0 Å². The number of rotatable bonds is 6. The van der Waals surface area contributed by atoms with Crippen LogP contribution in [0.1, 0.15) is 27.2 Å². The second kappa shape index (κ2) is 5.86. The molecule has 18 heavy (non-hydrogen) atoms. The Morgan fingerprint density at radius 1 is 1.61 bits per heavy atom. The lowest BCUT2D eigenvalue weighted by Gasteiger charge is -2.26. The van der Waals surface area contributed by atoms with Gasteiger partial charge in [-0.2, -0.15) is 0 Å².